The number of carbonyl (C=O) groups excluding carboxylic acids is 2. The zero-order chi connectivity index (χ0) is 33.0. The summed E-state index contributed by atoms with van der Waals surface area (Å²) in [6, 6.07) is 14.4. The first kappa shape index (κ1) is 33.7. The van der Waals surface area contributed by atoms with E-state index >= 15 is 0 Å². The van der Waals surface area contributed by atoms with Gasteiger partial charge < -0.3 is 20.7 Å². The van der Waals surface area contributed by atoms with Crippen molar-refractivity contribution < 1.29 is 14.3 Å². The predicted molar refractivity (Wildman–Crippen MR) is 185 cm³/mol. The van der Waals surface area contributed by atoms with E-state index in [-0.39, 0.29) is 36.4 Å². The summed E-state index contributed by atoms with van der Waals surface area (Å²) in [6.07, 6.45) is 3.11. The van der Waals surface area contributed by atoms with Gasteiger partial charge in [0.15, 0.2) is 5.78 Å². The molecule has 0 saturated carbocycles. The summed E-state index contributed by atoms with van der Waals surface area (Å²) in [5, 5.41) is 17.3. The van der Waals surface area contributed by atoms with Gasteiger partial charge in [-0.1, -0.05) is 36.2 Å². The monoisotopic (exact) mass is 628 g/mol. The SMILES string of the molecule is Cc1cc(C)cc(-c2[nH]nc(OCC(C)(C)C(=O)C3C4CCN3CC4)c2[C@H](C)CNCCc2ccc(NC(=O)NC(C)C)cc2)c1. The van der Waals surface area contributed by atoms with Crippen molar-refractivity contribution in [2.75, 3.05) is 38.1 Å². The molecule has 2 aliphatic rings. The first-order chi connectivity index (χ1) is 21.9. The van der Waals surface area contributed by atoms with Crippen LogP contribution in [0.4, 0.5) is 10.5 Å². The van der Waals surface area contributed by atoms with Crippen molar-refractivity contribution in [3.8, 4) is 17.1 Å². The molecule has 2 atom stereocenters. The van der Waals surface area contributed by atoms with Crippen molar-refractivity contribution in [1.82, 2.24) is 25.7 Å². The lowest BCUT2D eigenvalue weighted by molar-refractivity contribution is -0.133. The van der Waals surface area contributed by atoms with Crippen LogP contribution in [0, 0.1) is 25.2 Å². The number of aryl methyl sites for hydroxylation is 2. The number of anilines is 1. The van der Waals surface area contributed by atoms with E-state index in [2.05, 4.69) is 70.0 Å². The molecule has 46 heavy (non-hydrogen) atoms. The maximum Gasteiger partial charge on any atom is 0.319 e. The Morgan fingerprint density at radius 2 is 1.72 bits per heavy atom. The fourth-order valence-electron chi connectivity index (χ4n) is 6.99. The number of H-pyrrole nitrogens is 1. The summed E-state index contributed by atoms with van der Waals surface area (Å²) < 4.78 is 6.45. The molecule has 4 N–H and O–H groups in total. The number of aromatic amines is 1. The van der Waals surface area contributed by atoms with Gasteiger partial charge in [0.1, 0.15) is 6.61 Å². The van der Waals surface area contributed by atoms with Gasteiger partial charge in [0.2, 0.25) is 5.88 Å². The number of fused-ring (bicyclic) bond motifs is 2. The fourth-order valence-corrected chi connectivity index (χ4v) is 6.99. The molecule has 0 radical (unpaired) electrons. The summed E-state index contributed by atoms with van der Waals surface area (Å²) in [5.41, 5.74) is 6.81. The van der Waals surface area contributed by atoms with Crippen molar-refractivity contribution in [3.05, 3.63) is 64.7 Å². The van der Waals surface area contributed by atoms with E-state index in [4.69, 9.17) is 4.74 Å². The van der Waals surface area contributed by atoms with Crippen molar-refractivity contribution in [2.24, 2.45) is 11.3 Å². The molecule has 1 unspecified atom stereocenters. The molecule has 2 fully saturated rings. The van der Waals surface area contributed by atoms with E-state index in [1.165, 1.54) is 16.7 Å². The Morgan fingerprint density at radius 3 is 2.33 bits per heavy atom. The Bertz CT molecular complexity index is 1470. The fraction of sp³-hybridized carbons (Fsp3) is 0.541. The highest BCUT2D eigenvalue weighted by atomic mass is 16.5. The third-order valence-corrected chi connectivity index (χ3v) is 9.36. The first-order valence-electron chi connectivity index (χ1n) is 16.9. The molecule has 1 aromatic heterocycles. The van der Waals surface area contributed by atoms with E-state index in [9.17, 15) is 9.59 Å². The van der Waals surface area contributed by atoms with Crippen LogP contribution < -0.4 is 20.7 Å². The second kappa shape index (κ2) is 14.4. The highest BCUT2D eigenvalue weighted by Crippen LogP contribution is 2.40. The normalized spacial score (nSPS) is 19.8. The molecule has 2 amide bonds. The smallest absolute Gasteiger partial charge is 0.319 e. The average Bonchev–Trinajstić information content (AvgIpc) is 3.72. The van der Waals surface area contributed by atoms with Crippen LogP contribution in [0.1, 0.15) is 75.6 Å². The van der Waals surface area contributed by atoms with Gasteiger partial charge in [0, 0.05) is 35.3 Å². The number of nitrogens with zero attached hydrogens (tertiary/aromatic N) is 2. The van der Waals surface area contributed by atoms with Gasteiger partial charge in [-0.2, -0.15) is 0 Å². The van der Waals surface area contributed by atoms with Crippen molar-refractivity contribution >= 4 is 17.5 Å². The van der Waals surface area contributed by atoms with Gasteiger partial charge in [-0.05, 0) is 116 Å². The number of hydrogen-bond donors (Lipinski definition) is 4. The Balaban J connectivity index is 1.24. The van der Waals surface area contributed by atoms with Crippen LogP contribution in [0.2, 0.25) is 0 Å². The molecule has 9 nitrogen and oxygen atoms in total. The van der Waals surface area contributed by atoms with Crippen LogP contribution in [-0.4, -0.2) is 71.8 Å². The van der Waals surface area contributed by atoms with Gasteiger partial charge in [-0.25, -0.2) is 4.79 Å². The summed E-state index contributed by atoms with van der Waals surface area (Å²) in [6.45, 7) is 18.2. The van der Waals surface area contributed by atoms with Gasteiger partial charge in [0.25, 0.3) is 0 Å². The highest BCUT2D eigenvalue weighted by molar-refractivity contribution is 5.90. The lowest BCUT2D eigenvalue weighted by Gasteiger charge is -2.29. The number of ketones is 1. The molecule has 2 aliphatic heterocycles. The number of rotatable bonds is 14. The maximum absolute atomic E-state index is 13.7. The number of amides is 2. The summed E-state index contributed by atoms with van der Waals surface area (Å²) >= 11 is 0. The summed E-state index contributed by atoms with van der Waals surface area (Å²) in [5.74, 6) is 1.45. The average molecular weight is 629 g/mol. The standard InChI is InChI=1S/C37H52N6O3/c1-23(2)39-36(45)40-30-10-8-27(9-11-30)12-15-38-21-26(5)31-32(29-19-24(3)18-25(4)20-29)41-42-35(31)46-22-37(6,7)34(44)33-28-13-16-43(33)17-14-28/h8-11,18-20,23,26,28,33,38H,12-17,21-22H2,1-7H3,(H,41,42)(H2,39,40,45)/t26-,33?/m1/s1. The van der Waals surface area contributed by atoms with Crippen LogP contribution in [0.3, 0.4) is 0 Å². The quantitative estimate of drug-likeness (QED) is 0.158. The van der Waals surface area contributed by atoms with Crippen molar-refractivity contribution in [2.45, 2.75) is 85.7 Å². The zero-order valence-corrected chi connectivity index (χ0v) is 28.6. The third-order valence-electron chi connectivity index (χ3n) is 9.36. The largest absolute Gasteiger partial charge is 0.475 e. The second-order valence-corrected chi connectivity index (χ2v) is 14.4. The van der Waals surface area contributed by atoms with E-state index < -0.39 is 5.41 Å². The minimum atomic E-state index is -0.614. The predicted octanol–water partition coefficient (Wildman–Crippen LogP) is 6.23. The Labute approximate surface area is 274 Å². The molecule has 9 heteroatoms. The lowest BCUT2D eigenvalue weighted by atomic mass is 9.81. The number of hydrogen-bond acceptors (Lipinski definition) is 6. The molecule has 248 valence electrons. The molecule has 2 aromatic carbocycles. The molecular weight excluding hydrogens is 576 g/mol. The van der Waals surface area contributed by atoms with Crippen LogP contribution in [0.25, 0.3) is 11.3 Å². The molecule has 3 heterocycles. The van der Waals surface area contributed by atoms with Gasteiger partial charge >= 0.3 is 6.03 Å². The molecule has 2 saturated heterocycles. The Hall–Kier alpha value is -3.69. The number of aromatic nitrogens is 2. The zero-order valence-electron chi connectivity index (χ0n) is 28.6. The highest BCUT2D eigenvalue weighted by Gasteiger charge is 2.48. The Morgan fingerprint density at radius 1 is 1.04 bits per heavy atom. The molecule has 0 aliphatic carbocycles. The van der Waals surface area contributed by atoms with Gasteiger partial charge in [-0.15, -0.1) is 5.10 Å². The van der Waals surface area contributed by atoms with Gasteiger partial charge in [-0.3, -0.25) is 14.8 Å². The summed E-state index contributed by atoms with van der Waals surface area (Å²) in [4.78, 5) is 28.0. The number of piperidine rings is 1. The van der Waals surface area contributed by atoms with Gasteiger partial charge in [0.05, 0.1) is 17.2 Å². The third kappa shape index (κ3) is 7.99. The minimum absolute atomic E-state index is 0.0306. The van der Waals surface area contributed by atoms with E-state index in [0.717, 1.165) is 67.9 Å². The maximum atomic E-state index is 13.7. The summed E-state index contributed by atoms with van der Waals surface area (Å²) in [7, 11) is 0. The molecule has 3 aromatic rings. The molecule has 2 bridgehead atoms. The van der Waals surface area contributed by atoms with Crippen LogP contribution in [0.5, 0.6) is 5.88 Å². The second-order valence-electron chi connectivity index (χ2n) is 14.4. The minimum Gasteiger partial charge on any atom is -0.475 e. The van der Waals surface area contributed by atoms with E-state index in [0.29, 0.717) is 11.8 Å². The van der Waals surface area contributed by atoms with Crippen molar-refractivity contribution in [1.29, 1.82) is 0 Å². The van der Waals surface area contributed by atoms with Crippen LogP contribution in [-0.2, 0) is 11.2 Å². The molecule has 0 spiro atoms. The number of Topliss-reactive ketones (excluding diaryl/α,β-unsaturated/α-hetero) is 1. The number of urea groups is 1. The number of ether oxygens (including phenoxy) is 1. The van der Waals surface area contributed by atoms with E-state index in [1.54, 1.807) is 0 Å². The van der Waals surface area contributed by atoms with E-state index in [1.807, 2.05) is 52.0 Å². The topological polar surface area (TPSA) is 111 Å². The lowest BCUT2D eigenvalue weighted by Crippen LogP contribution is -2.44. The molecular formula is C37H52N6O3. The first-order valence-corrected chi connectivity index (χ1v) is 16.9. The van der Waals surface area contributed by atoms with Crippen LogP contribution in [0.15, 0.2) is 42.5 Å². The molecule has 5 rings (SSSR count). The Kier molecular flexibility index (Phi) is 10.5. The van der Waals surface area contributed by atoms with Crippen molar-refractivity contribution in [3.63, 3.8) is 0 Å². The number of nitrogens with one attached hydrogen (secondary N) is 4. The number of carbonyl (C=O) groups is 2. The van der Waals surface area contributed by atoms with Crippen LogP contribution >= 0.6 is 0 Å². The number of benzene rings is 2.